The molecule has 1 heterocycles. The van der Waals surface area contributed by atoms with Gasteiger partial charge in [-0.2, -0.15) is 5.26 Å². The third-order valence-corrected chi connectivity index (χ3v) is 5.34. The largest absolute Gasteiger partial charge is 0.482 e. The first-order valence-corrected chi connectivity index (χ1v) is 9.90. The SMILES string of the molecule is Cc1cc(C2=C(C#N)C(C)(C)Oc3cc(CN[SH](=O)=O)ccc32)ccc1Cl. The maximum atomic E-state index is 10.8. The molecule has 0 saturated carbocycles. The van der Waals surface area contributed by atoms with Crippen LogP contribution >= 0.6 is 11.6 Å². The van der Waals surface area contributed by atoms with E-state index >= 15 is 0 Å². The van der Waals surface area contributed by atoms with E-state index in [4.69, 9.17) is 16.3 Å². The highest BCUT2D eigenvalue weighted by molar-refractivity contribution is 7.70. The number of ether oxygens (including phenoxy) is 1. The number of hydrogen-bond donors (Lipinski definition) is 2. The van der Waals surface area contributed by atoms with Crippen LogP contribution in [0.5, 0.6) is 5.75 Å². The summed E-state index contributed by atoms with van der Waals surface area (Å²) < 4.78 is 30.0. The minimum Gasteiger partial charge on any atom is -0.482 e. The molecule has 27 heavy (non-hydrogen) atoms. The number of nitrogens with zero attached hydrogens (tertiary/aromatic N) is 1. The zero-order valence-electron chi connectivity index (χ0n) is 15.2. The van der Waals surface area contributed by atoms with E-state index in [1.54, 1.807) is 6.07 Å². The van der Waals surface area contributed by atoms with Crippen LogP contribution in [0.4, 0.5) is 0 Å². The number of nitrogens with one attached hydrogen (secondary N) is 1. The summed E-state index contributed by atoms with van der Waals surface area (Å²) in [6, 6.07) is 13.5. The Morgan fingerprint density at radius 3 is 2.59 bits per heavy atom. The second-order valence-electron chi connectivity index (χ2n) is 6.86. The normalized spacial score (nSPS) is 15.3. The molecule has 2 aromatic rings. The standard InChI is InChI=1S/C20H19ClN2O3S/c1-12-8-14(5-7-17(12)21)19-15-6-4-13(11-23-27(24)25)9-18(15)26-20(2,3)16(19)10-22/h4-9,27H,11H2,1-3H3,(H,23,24,25). The summed E-state index contributed by atoms with van der Waals surface area (Å²) in [5.41, 5.74) is 3.90. The van der Waals surface area contributed by atoms with E-state index in [1.165, 1.54) is 0 Å². The van der Waals surface area contributed by atoms with E-state index < -0.39 is 16.5 Å². The van der Waals surface area contributed by atoms with Gasteiger partial charge in [0.2, 0.25) is 10.9 Å². The Hall–Kier alpha value is -2.33. The van der Waals surface area contributed by atoms with Crippen molar-refractivity contribution in [3.8, 4) is 11.8 Å². The van der Waals surface area contributed by atoms with Gasteiger partial charge in [0.05, 0.1) is 11.6 Å². The van der Waals surface area contributed by atoms with E-state index in [9.17, 15) is 13.7 Å². The molecule has 2 aromatic carbocycles. The van der Waals surface area contributed by atoms with E-state index in [-0.39, 0.29) is 6.54 Å². The molecule has 0 fully saturated rings. The number of hydrogen-bond acceptors (Lipinski definition) is 4. The van der Waals surface area contributed by atoms with Gasteiger partial charge in [0, 0.05) is 22.7 Å². The molecule has 0 spiro atoms. The highest BCUT2D eigenvalue weighted by atomic mass is 35.5. The zero-order valence-corrected chi connectivity index (χ0v) is 16.8. The van der Waals surface area contributed by atoms with Crippen molar-refractivity contribution in [3.63, 3.8) is 0 Å². The third-order valence-electron chi connectivity index (χ3n) is 4.50. The fraction of sp³-hybridized carbons (Fsp3) is 0.250. The van der Waals surface area contributed by atoms with Gasteiger partial charge in [-0.1, -0.05) is 29.8 Å². The van der Waals surface area contributed by atoms with Gasteiger partial charge in [0.15, 0.2) is 0 Å². The van der Waals surface area contributed by atoms with E-state index in [2.05, 4.69) is 10.8 Å². The first-order chi connectivity index (χ1) is 12.7. The number of nitriles is 1. The molecule has 0 saturated heterocycles. The van der Waals surface area contributed by atoms with Crippen molar-refractivity contribution in [2.75, 3.05) is 0 Å². The van der Waals surface area contributed by atoms with Gasteiger partial charge in [-0.05, 0) is 55.7 Å². The van der Waals surface area contributed by atoms with E-state index in [0.717, 1.165) is 27.8 Å². The number of rotatable bonds is 4. The zero-order chi connectivity index (χ0) is 19.8. The lowest BCUT2D eigenvalue weighted by molar-refractivity contribution is 0.149. The summed E-state index contributed by atoms with van der Waals surface area (Å²) in [7, 11) is -2.67. The van der Waals surface area contributed by atoms with Crippen LogP contribution < -0.4 is 9.46 Å². The molecule has 5 nitrogen and oxygen atoms in total. The average molecular weight is 403 g/mol. The topological polar surface area (TPSA) is 79.2 Å². The molecule has 0 aromatic heterocycles. The van der Waals surface area contributed by atoms with Crippen LogP contribution in [0, 0.1) is 18.3 Å². The fourth-order valence-corrected chi connectivity index (χ4v) is 3.60. The van der Waals surface area contributed by atoms with Crippen LogP contribution in [0.2, 0.25) is 5.02 Å². The Balaban J connectivity index is 2.19. The minimum absolute atomic E-state index is 0.181. The monoisotopic (exact) mass is 402 g/mol. The second-order valence-corrected chi connectivity index (χ2v) is 8.10. The lowest BCUT2D eigenvalue weighted by Crippen LogP contribution is -2.34. The Kier molecular flexibility index (Phi) is 5.29. The van der Waals surface area contributed by atoms with Gasteiger partial charge in [-0.15, -0.1) is 0 Å². The van der Waals surface area contributed by atoms with Gasteiger partial charge in [-0.3, -0.25) is 0 Å². The van der Waals surface area contributed by atoms with Crippen LogP contribution in [-0.4, -0.2) is 14.0 Å². The van der Waals surface area contributed by atoms with Crippen LogP contribution in [0.15, 0.2) is 42.0 Å². The molecule has 3 rings (SSSR count). The predicted molar refractivity (Wildman–Crippen MR) is 106 cm³/mol. The van der Waals surface area contributed by atoms with Crippen molar-refractivity contribution in [2.45, 2.75) is 32.9 Å². The molecule has 1 aliphatic heterocycles. The number of fused-ring (bicyclic) bond motifs is 1. The van der Waals surface area contributed by atoms with Gasteiger partial charge in [-0.25, -0.2) is 13.1 Å². The smallest absolute Gasteiger partial charge is 0.201 e. The van der Waals surface area contributed by atoms with Crippen molar-refractivity contribution < 1.29 is 13.2 Å². The molecule has 140 valence electrons. The summed E-state index contributed by atoms with van der Waals surface area (Å²) in [6.07, 6.45) is 0. The molecule has 7 heteroatoms. The van der Waals surface area contributed by atoms with Gasteiger partial charge in [0.25, 0.3) is 0 Å². The minimum atomic E-state index is -2.67. The van der Waals surface area contributed by atoms with E-state index in [1.807, 2.05) is 51.1 Å². The molecule has 0 atom stereocenters. The molecule has 0 unspecified atom stereocenters. The van der Waals surface area contributed by atoms with Crippen LogP contribution in [0.3, 0.4) is 0 Å². The third kappa shape index (κ3) is 3.86. The van der Waals surface area contributed by atoms with Crippen molar-refractivity contribution in [3.05, 3.63) is 69.2 Å². The molecule has 0 bridgehead atoms. The Labute approximate surface area is 165 Å². The number of thiol groups is 1. The summed E-state index contributed by atoms with van der Waals surface area (Å²) in [6.45, 7) is 5.79. The highest BCUT2D eigenvalue weighted by Gasteiger charge is 2.36. The van der Waals surface area contributed by atoms with Crippen LogP contribution in [0.1, 0.15) is 36.1 Å². The number of benzene rings is 2. The predicted octanol–water partition coefficient (Wildman–Crippen LogP) is 3.76. The molecule has 0 radical (unpaired) electrons. The maximum Gasteiger partial charge on any atom is 0.201 e. The molecular formula is C20H19ClN2O3S. The van der Waals surface area contributed by atoms with Gasteiger partial charge in [0.1, 0.15) is 11.4 Å². The Morgan fingerprint density at radius 2 is 1.96 bits per heavy atom. The van der Waals surface area contributed by atoms with Crippen molar-refractivity contribution >= 4 is 28.1 Å². The summed E-state index contributed by atoms with van der Waals surface area (Å²) in [5, 5.41) is 10.5. The van der Waals surface area contributed by atoms with Crippen molar-refractivity contribution in [2.24, 2.45) is 0 Å². The highest BCUT2D eigenvalue weighted by Crippen LogP contribution is 2.44. The Bertz CT molecular complexity index is 1060. The van der Waals surface area contributed by atoms with Crippen LogP contribution in [-0.2, 0) is 17.4 Å². The van der Waals surface area contributed by atoms with Crippen LogP contribution in [0.25, 0.3) is 5.57 Å². The fourth-order valence-electron chi connectivity index (χ4n) is 3.18. The average Bonchev–Trinajstić information content (AvgIpc) is 2.60. The van der Waals surface area contributed by atoms with Gasteiger partial charge >= 0.3 is 0 Å². The summed E-state index contributed by atoms with van der Waals surface area (Å²) in [5.74, 6) is 0.613. The Morgan fingerprint density at radius 1 is 1.22 bits per heavy atom. The second kappa shape index (κ2) is 7.35. The molecule has 1 aliphatic rings. The first-order valence-electron chi connectivity index (χ1n) is 8.34. The summed E-state index contributed by atoms with van der Waals surface area (Å²) in [4.78, 5) is 0. The summed E-state index contributed by atoms with van der Waals surface area (Å²) >= 11 is 6.16. The van der Waals surface area contributed by atoms with E-state index in [0.29, 0.717) is 16.3 Å². The van der Waals surface area contributed by atoms with Gasteiger partial charge < -0.3 is 4.74 Å². The molecule has 0 aliphatic carbocycles. The maximum absolute atomic E-state index is 10.8. The lowest BCUT2D eigenvalue weighted by Gasteiger charge is -2.34. The molecule has 1 N–H and O–H groups in total. The lowest BCUT2D eigenvalue weighted by atomic mass is 9.82. The number of aryl methyl sites for hydroxylation is 1. The van der Waals surface area contributed by atoms with Crippen molar-refractivity contribution in [1.29, 1.82) is 5.26 Å². The molecular weight excluding hydrogens is 384 g/mol. The molecule has 0 amide bonds. The number of halogens is 1. The quantitative estimate of drug-likeness (QED) is 0.763. The van der Waals surface area contributed by atoms with Crippen molar-refractivity contribution in [1.82, 2.24) is 4.72 Å². The first kappa shape index (κ1) is 19.4.